The van der Waals surface area contributed by atoms with E-state index < -0.39 is 22.6 Å². The highest BCUT2D eigenvalue weighted by molar-refractivity contribution is 6.11. The van der Waals surface area contributed by atoms with Crippen LogP contribution in [0.3, 0.4) is 0 Å². The Morgan fingerprint density at radius 1 is 1.03 bits per heavy atom. The zero-order valence-electron chi connectivity index (χ0n) is 16.9. The molecule has 0 aromatic heterocycles. The molecule has 0 aliphatic carbocycles. The molecule has 0 fully saturated rings. The number of carbonyl (C=O) groups excluding carboxylic acids is 2. The number of halogens is 1. The van der Waals surface area contributed by atoms with Gasteiger partial charge in [-0.25, -0.2) is 4.39 Å². The van der Waals surface area contributed by atoms with Gasteiger partial charge in [0.25, 0.3) is 17.5 Å². The van der Waals surface area contributed by atoms with E-state index in [9.17, 15) is 24.1 Å². The summed E-state index contributed by atoms with van der Waals surface area (Å²) in [7, 11) is 1.41. The summed E-state index contributed by atoms with van der Waals surface area (Å²) >= 11 is 0. The highest BCUT2D eigenvalue weighted by atomic mass is 19.1. The minimum Gasteiger partial charge on any atom is -0.496 e. The summed E-state index contributed by atoms with van der Waals surface area (Å²) in [5, 5.41) is 15.9. The fraction of sp³-hybridized carbons (Fsp3) is 0.0435. The van der Waals surface area contributed by atoms with Crippen molar-refractivity contribution in [2.75, 3.05) is 12.4 Å². The number of anilines is 1. The van der Waals surface area contributed by atoms with Gasteiger partial charge >= 0.3 is 0 Å². The molecule has 0 aliphatic rings. The zero-order chi connectivity index (χ0) is 23.1. The molecule has 2 N–H and O–H groups in total. The molecular formula is C23H18FN3O5. The van der Waals surface area contributed by atoms with Crippen LogP contribution in [-0.2, 0) is 4.79 Å². The first kappa shape index (κ1) is 22.2. The molecule has 3 rings (SSSR count). The molecule has 0 saturated heterocycles. The number of benzene rings is 3. The number of nitro groups is 1. The van der Waals surface area contributed by atoms with Crippen molar-refractivity contribution in [1.82, 2.24) is 5.32 Å². The summed E-state index contributed by atoms with van der Waals surface area (Å²) in [6.45, 7) is 0. The molecule has 0 unspecified atom stereocenters. The first-order valence-corrected chi connectivity index (χ1v) is 9.35. The largest absolute Gasteiger partial charge is 0.496 e. The summed E-state index contributed by atoms with van der Waals surface area (Å²) in [6, 6.07) is 17.2. The molecule has 0 saturated carbocycles. The van der Waals surface area contributed by atoms with E-state index in [4.69, 9.17) is 4.74 Å². The van der Waals surface area contributed by atoms with Crippen LogP contribution in [0.4, 0.5) is 15.8 Å². The summed E-state index contributed by atoms with van der Waals surface area (Å²) in [5.41, 5.74) is 0.546. The minimum atomic E-state index is -0.711. The number of ether oxygens (including phenoxy) is 1. The number of para-hydroxylation sites is 1. The lowest BCUT2D eigenvalue weighted by Gasteiger charge is -2.13. The molecule has 0 atom stereocenters. The van der Waals surface area contributed by atoms with Crippen LogP contribution in [0.1, 0.15) is 15.9 Å². The van der Waals surface area contributed by atoms with Crippen molar-refractivity contribution in [3.05, 3.63) is 106 Å². The van der Waals surface area contributed by atoms with Gasteiger partial charge in [-0.05, 0) is 54.1 Å². The maximum atomic E-state index is 13.5. The Balaban J connectivity index is 1.93. The molecule has 162 valence electrons. The zero-order valence-corrected chi connectivity index (χ0v) is 16.9. The lowest BCUT2D eigenvalue weighted by atomic mass is 10.1. The van der Waals surface area contributed by atoms with Crippen LogP contribution in [0.2, 0.25) is 0 Å². The Morgan fingerprint density at radius 3 is 2.41 bits per heavy atom. The van der Waals surface area contributed by atoms with Crippen molar-refractivity contribution in [1.29, 1.82) is 0 Å². The van der Waals surface area contributed by atoms with Gasteiger partial charge in [-0.1, -0.05) is 18.2 Å². The number of rotatable bonds is 7. The van der Waals surface area contributed by atoms with Crippen LogP contribution in [0, 0.1) is 15.9 Å². The number of carbonyl (C=O) groups is 2. The molecule has 0 spiro atoms. The summed E-state index contributed by atoms with van der Waals surface area (Å²) in [4.78, 5) is 36.0. The predicted molar refractivity (Wildman–Crippen MR) is 117 cm³/mol. The third-order valence-corrected chi connectivity index (χ3v) is 4.34. The number of amides is 2. The van der Waals surface area contributed by atoms with Gasteiger partial charge in [0.05, 0.1) is 17.6 Å². The van der Waals surface area contributed by atoms with Gasteiger partial charge in [-0.3, -0.25) is 19.7 Å². The summed E-state index contributed by atoms with van der Waals surface area (Å²) in [5.74, 6) is -1.55. The average Bonchev–Trinajstić information content (AvgIpc) is 2.78. The van der Waals surface area contributed by atoms with Crippen LogP contribution in [0.15, 0.2) is 78.5 Å². The fourth-order valence-corrected chi connectivity index (χ4v) is 2.80. The van der Waals surface area contributed by atoms with Crippen molar-refractivity contribution >= 4 is 29.3 Å². The second kappa shape index (κ2) is 9.98. The van der Waals surface area contributed by atoms with Crippen molar-refractivity contribution < 1.29 is 23.6 Å². The summed E-state index contributed by atoms with van der Waals surface area (Å²) in [6.07, 6.45) is 1.35. The van der Waals surface area contributed by atoms with Crippen molar-refractivity contribution in [3.63, 3.8) is 0 Å². The van der Waals surface area contributed by atoms with Gasteiger partial charge in [0.2, 0.25) is 0 Å². The predicted octanol–water partition coefficient (Wildman–Crippen LogP) is 4.15. The van der Waals surface area contributed by atoms with Gasteiger partial charge < -0.3 is 15.4 Å². The lowest BCUT2D eigenvalue weighted by Crippen LogP contribution is -2.31. The van der Waals surface area contributed by atoms with Gasteiger partial charge in [-0.2, -0.15) is 0 Å². The van der Waals surface area contributed by atoms with Crippen LogP contribution in [0.25, 0.3) is 6.08 Å². The molecular weight excluding hydrogens is 417 g/mol. The molecule has 0 heterocycles. The number of nitrogens with zero attached hydrogens (tertiary/aromatic N) is 1. The van der Waals surface area contributed by atoms with E-state index in [1.807, 2.05) is 0 Å². The van der Waals surface area contributed by atoms with E-state index in [0.29, 0.717) is 11.3 Å². The minimum absolute atomic E-state index is 0.119. The Kier molecular flexibility index (Phi) is 6.92. The van der Waals surface area contributed by atoms with Crippen molar-refractivity contribution in [2.45, 2.75) is 0 Å². The van der Waals surface area contributed by atoms with Crippen molar-refractivity contribution in [3.8, 4) is 5.75 Å². The monoisotopic (exact) mass is 435 g/mol. The van der Waals surface area contributed by atoms with Crippen LogP contribution in [0.5, 0.6) is 5.75 Å². The second-order valence-corrected chi connectivity index (χ2v) is 6.53. The van der Waals surface area contributed by atoms with Crippen LogP contribution in [-0.4, -0.2) is 23.8 Å². The smallest absolute Gasteiger partial charge is 0.272 e. The van der Waals surface area contributed by atoms with E-state index in [1.54, 1.807) is 18.2 Å². The van der Waals surface area contributed by atoms with Gasteiger partial charge in [0.1, 0.15) is 17.3 Å². The molecule has 0 bridgehead atoms. The maximum absolute atomic E-state index is 13.5. The Morgan fingerprint density at radius 2 is 1.75 bits per heavy atom. The highest BCUT2D eigenvalue weighted by Gasteiger charge is 2.18. The Bertz CT molecular complexity index is 1190. The highest BCUT2D eigenvalue weighted by Crippen LogP contribution is 2.19. The third kappa shape index (κ3) is 5.54. The molecule has 8 nitrogen and oxygen atoms in total. The molecule has 3 aromatic carbocycles. The lowest BCUT2D eigenvalue weighted by molar-refractivity contribution is -0.384. The Labute approximate surface area is 182 Å². The molecule has 9 heteroatoms. The second-order valence-electron chi connectivity index (χ2n) is 6.53. The van der Waals surface area contributed by atoms with E-state index in [0.717, 1.165) is 6.07 Å². The first-order chi connectivity index (χ1) is 15.4. The molecule has 0 radical (unpaired) electrons. The number of nitrogens with one attached hydrogen (secondary N) is 2. The van der Waals surface area contributed by atoms with Gasteiger partial charge in [-0.15, -0.1) is 0 Å². The van der Waals surface area contributed by atoms with Crippen LogP contribution >= 0.6 is 0 Å². The number of hydrogen-bond donors (Lipinski definition) is 2. The van der Waals surface area contributed by atoms with Crippen LogP contribution < -0.4 is 15.4 Å². The standard InChI is InChI=1S/C23H18FN3O5/c1-32-21-8-3-2-7-19(21)22(28)26-20(13-15-9-11-18(12-10-15)27(30)31)23(29)25-17-6-4-5-16(24)14-17/h2-14H,1H3,(H,25,29)(H,26,28)/b20-13-. The quantitative estimate of drug-likeness (QED) is 0.329. The van der Waals surface area contributed by atoms with Gasteiger partial charge in [0, 0.05) is 17.8 Å². The maximum Gasteiger partial charge on any atom is 0.272 e. The van der Waals surface area contributed by atoms with Gasteiger partial charge in [0.15, 0.2) is 0 Å². The number of hydrogen-bond acceptors (Lipinski definition) is 5. The third-order valence-electron chi connectivity index (χ3n) is 4.34. The Hall–Kier alpha value is -4.53. The topological polar surface area (TPSA) is 111 Å². The fourth-order valence-electron chi connectivity index (χ4n) is 2.80. The molecule has 3 aromatic rings. The molecule has 2 amide bonds. The number of non-ortho nitro benzene ring substituents is 1. The molecule has 32 heavy (non-hydrogen) atoms. The van der Waals surface area contributed by atoms with Crippen molar-refractivity contribution in [2.24, 2.45) is 0 Å². The van der Waals surface area contributed by atoms with E-state index >= 15 is 0 Å². The van der Waals surface area contributed by atoms with E-state index in [2.05, 4.69) is 10.6 Å². The number of methoxy groups -OCH3 is 1. The summed E-state index contributed by atoms with van der Waals surface area (Å²) < 4.78 is 18.7. The van der Waals surface area contributed by atoms with E-state index in [-0.39, 0.29) is 22.6 Å². The van der Waals surface area contributed by atoms with E-state index in [1.165, 1.54) is 61.7 Å². The SMILES string of the molecule is COc1ccccc1C(=O)N/C(=C\c1ccc([N+](=O)[O-])cc1)C(=O)Nc1cccc(F)c1. The normalized spacial score (nSPS) is 10.9. The molecule has 0 aliphatic heterocycles. The number of nitro benzene ring substituents is 1. The first-order valence-electron chi connectivity index (χ1n) is 9.35. The average molecular weight is 435 g/mol.